The van der Waals surface area contributed by atoms with Crippen LogP contribution in [0.3, 0.4) is 0 Å². The summed E-state index contributed by atoms with van der Waals surface area (Å²) in [6.07, 6.45) is 7.42. The van der Waals surface area contributed by atoms with E-state index >= 15 is 0 Å². The number of rotatable bonds is 5. The van der Waals surface area contributed by atoms with Gasteiger partial charge >= 0.3 is 0 Å². The zero-order valence-corrected chi connectivity index (χ0v) is 11.0. The van der Waals surface area contributed by atoms with E-state index in [1.165, 1.54) is 12.6 Å². The second-order valence-corrected chi connectivity index (χ2v) is 5.08. The number of amides is 1. The maximum absolute atomic E-state index is 12.0. The largest absolute Gasteiger partial charge is 0.369 e. The van der Waals surface area contributed by atoms with Crippen molar-refractivity contribution in [2.24, 2.45) is 0 Å². The fourth-order valence-corrected chi connectivity index (χ4v) is 1.98. The van der Waals surface area contributed by atoms with Crippen LogP contribution in [0.1, 0.15) is 50.0 Å². The van der Waals surface area contributed by atoms with Crippen molar-refractivity contribution in [3.05, 3.63) is 18.1 Å². The van der Waals surface area contributed by atoms with E-state index in [1.54, 1.807) is 6.20 Å². The van der Waals surface area contributed by atoms with Gasteiger partial charge in [0.15, 0.2) is 0 Å². The number of aromatic nitrogens is 2. The van der Waals surface area contributed by atoms with E-state index in [-0.39, 0.29) is 11.4 Å². The van der Waals surface area contributed by atoms with Crippen molar-refractivity contribution < 1.29 is 4.79 Å². The Hall–Kier alpha value is -1.65. The number of hydrogen-bond acceptors (Lipinski definition) is 4. The molecule has 1 amide bonds. The number of carbonyl (C=O) groups excluding carboxylic acids is 1. The number of nitrogens with one attached hydrogen (secondary N) is 2. The normalized spacial score (nSPS) is 16.8. The van der Waals surface area contributed by atoms with Crippen molar-refractivity contribution in [2.45, 2.75) is 45.1 Å². The number of anilines is 1. The van der Waals surface area contributed by atoms with Crippen LogP contribution in [0.15, 0.2) is 12.4 Å². The van der Waals surface area contributed by atoms with E-state index in [0.717, 1.165) is 25.8 Å². The molecule has 0 aromatic carbocycles. The topological polar surface area (TPSA) is 66.9 Å². The summed E-state index contributed by atoms with van der Waals surface area (Å²) in [5.74, 6) is 0.521. The maximum atomic E-state index is 12.0. The van der Waals surface area contributed by atoms with Crippen LogP contribution in [-0.4, -0.2) is 28.0 Å². The fraction of sp³-hybridized carbons (Fsp3) is 0.615. The van der Waals surface area contributed by atoms with E-state index < -0.39 is 0 Å². The molecule has 2 rings (SSSR count). The Morgan fingerprint density at radius 2 is 2.22 bits per heavy atom. The molecule has 0 aliphatic heterocycles. The Bertz CT molecular complexity index is 429. The van der Waals surface area contributed by atoms with Gasteiger partial charge in [0.25, 0.3) is 5.91 Å². The molecule has 0 radical (unpaired) electrons. The van der Waals surface area contributed by atoms with Gasteiger partial charge in [-0.2, -0.15) is 0 Å². The molecule has 0 bridgehead atoms. The van der Waals surface area contributed by atoms with E-state index in [4.69, 9.17) is 0 Å². The summed E-state index contributed by atoms with van der Waals surface area (Å²) in [4.78, 5) is 20.4. The van der Waals surface area contributed by atoms with E-state index in [1.807, 2.05) is 0 Å². The molecule has 1 saturated carbocycles. The first-order chi connectivity index (χ1) is 8.63. The smallest absolute Gasteiger partial charge is 0.271 e. The van der Waals surface area contributed by atoms with Crippen molar-refractivity contribution in [3.63, 3.8) is 0 Å². The Balaban J connectivity index is 2.00. The molecule has 1 heterocycles. The minimum Gasteiger partial charge on any atom is -0.369 e. The lowest BCUT2D eigenvalue weighted by Gasteiger charge is -2.38. The molecule has 0 spiro atoms. The average molecular weight is 248 g/mol. The predicted octanol–water partition coefficient (Wildman–Crippen LogP) is 1.97. The van der Waals surface area contributed by atoms with E-state index in [0.29, 0.717) is 11.5 Å². The molecule has 1 aromatic heterocycles. The third kappa shape index (κ3) is 2.97. The first kappa shape index (κ1) is 12.8. The van der Waals surface area contributed by atoms with Crippen molar-refractivity contribution in [1.82, 2.24) is 15.3 Å². The van der Waals surface area contributed by atoms with Gasteiger partial charge in [0.1, 0.15) is 11.5 Å². The van der Waals surface area contributed by atoms with Crippen LogP contribution in [0, 0.1) is 0 Å². The van der Waals surface area contributed by atoms with Gasteiger partial charge in [-0.15, -0.1) is 0 Å². The summed E-state index contributed by atoms with van der Waals surface area (Å²) in [5.41, 5.74) is 0.329. The summed E-state index contributed by atoms with van der Waals surface area (Å²) >= 11 is 0. The highest BCUT2D eigenvalue weighted by molar-refractivity contribution is 5.92. The number of carbonyl (C=O) groups is 1. The average Bonchev–Trinajstić information content (AvgIpc) is 2.34. The fourth-order valence-electron chi connectivity index (χ4n) is 1.98. The first-order valence-corrected chi connectivity index (χ1v) is 6.51. The third-order valence-corrected chi connectivity index (χ3v) is 3.30. The molecule has 5 heteroatoms. The van der Waals surface area contributed by atoms with Gasteiger partial charge in [0, 0.05) is 12.1 Å². The molecule has 1 aliphatic carbocycles. The zero-order valence-electron chi connectivity index (χ0n) is 11.0. The molecule has 5 nitrogen and oxygen atoms in total. The standard InChI is InChI=1S/C13H20N4O/c1-3-7-15-11-9-14-8-10(16-11)12(18)17-13(2)5-4-6-13/h8-9H,3-7H2,1-2H3,(H,15,16)(H,17,18). The van der Waals surface area contributed by atoms with Crippen LogP contribution < -0.4 is 10.6 Å². The minimum atomic E-state index is -0.134. The SMILES string of the molecule is CCCNc1cncc(C(=O)NC2(C)CCC2)n1. The van der Waals surface area contributed by atoms with Crippen LogP contribution in [-0.2, 0) is 0 Å². The highest BCUT2D eigenvalue weighted by Crippen LogP contribution is 2.31. The Labute approximate surface area is 107 Å². The maximum Gasteiger partial charge on any atom is 0.271 e. The lowest BCUT2D eigenvalue weighted by atomic mass is 9.78. The molecule has 1 aromatic rings. The molecule has 98 valence electrons. The predicted molar refractivity (Wildman–Crippen MR) is 70.5 cm³/mol. The van der Waals surface area contributed by atoms with Gasteiger partial charge in [-0.3, -0.25) is 9.78 Å². The van der Waals surface area contributed by atoms with Gasteiger partial charge in [0.2, 0.25) is 0 Å². The second kappa shape index (κ2) is 5.33. The van der Waals surface area contributed by atoms with Crippen LogP contribution in [0.4, 0.5) is 5.82 Å². The van der Waals surface area contributed by atoms with Crippen LogP contribution in [0.2, 0.25) is 0 Å². The van der Waals surface area contributed by atoms with Gasteiger partial charge in [-0.25, -0.2) is 4.98 Å². The molecule has 0 unspecified atom stereocenters. The van der Waals surface area contributed by atoms with Gasteiger partial charge < -0.3 is 10.6 Å². The first-order valence-electron chi connectivity index (χ1n) is 6.51. The molecular weight excluding hydrogens is 228 g/mol. The van der Waals surface area contributed by atoms with Gasteiger partial charge in [0.05, 0.1) is 12.4 Å². The van der Waals surface area contributed by atoms with Crippen molar-refractivity contribution in [1.29, 1.82) is 0 Å². The summed E-state index contributed by atoms with van der Waals surface area (Å²) in [7, 11) is 0. The molecular formula is C13H20N4O. The molecule has 18 heavy (non-hydrogen) atoms. The molecule has 0 atom stereocenters. The third-order valence-electron chi connectivity index (χ3n) is 3.30. The van der Waals surface area contributed by atoms with Gasteiger partial charge in [-0.1, -0.05) is 6.92 Å². The molecule has 1 fully saturated rings. The summed E-state index contributed by atoms with van der Waals surface area (Å²) in [6, 6.07) is 0. The number of nitrogens with zero attached hydrogens (tertiary/aromatic N) is 2. The van der Waals surface area contributed by atoms with Crippen LogP contribution >= 0.6 is 0 Å². The number of hydrogen-bond donors (Lipinski definition) is 2. The summed E-state index contributed by atoms with van der Waals surface area (Å²) in [5, 5.41) is 6.15. The lowest BCUT2D eigenvalue weighted by molar-refractivity contribution is 0.0845. The van der Waals surface area contributed by atoms with Crippen LogP contribution in [0.25, 0.3) is 0 Å². The van der Waals surface area contributed by atoms with Crippen molar-refractivity contribution in [3.8, 4) is 0 Å². The Kier molecular flexibility index (Phi) is 3.79. The Morgan fingerprint density at radius 3 is 2.83 bits per heavy atom. The highest BCUT2D eigenvalue weighted by Gasteiger charge is 2.33. The lowest BCUT2D eigenvalue weighted by Crippen LogP contribution is -2.51. The van der Waals surface area contributed by atoms with E-state index in [9.17, 15) is 4.79 Å². The zero-order chi connectivity index (χ0) is 13.0. The molecule has 2 N–H and O–H groups in total. The molecule has 1 aliphatic rings. The summed E-state index contributed by atoms with van der Waals surface area (Å²) < 4.78 is 0. The van der Waals surface area contributed by atoms with Crippen LogP contribution in [0.5, 0.6) is 0 Å². The minimum absolute atomic E-state index is 0.0500. The van der Waals surface area contributed by atoms with Crippen molar-refractivity contribution in [2.75, 3.05) is 11.9 Å². The van der Waals surface area contributed by atoms with E-state index in [2.05, 4.69) is 34.4 Å². The monoisotopic (exact) mass is 248 g/mol. The highest BCUT2D eigenvalue weighted by atomic mass is 16.2. The van der Waals surface area contributed by atoms with Gasteiger partial charge in [-0.05, 0) is 32.6 Å². The Morgan fingerprint density at radius 1 is 1.44 bits per heavy atom. The second-order valence-electron chi connectivity index (χ2n) is 5.08. The summed E-state index contributed by atoms with van der Waals surface area (Å²) in [6.45, 7) is 4.98. The van der Waals surface area contributed by atoms with Crippen molar-refractivity contribution >= 4 is 11.7 Å². The quantitative estimate of drug-likeness (QED) is 0.836. The molecule has 0 saturated heterocycles.